The summed E-state index contributed by atoms with van der Waals surface area (Å²) in [6.07, 6.45) is 1.09. The molecule has 0 aliphatic carbocycles. The predicted molar refractivity (Wildman–Crippen MR) is 117 cm³/mol. The second-order valence-corrected chi connectivity index (χ2v) is 8.92. The fraction of sp³-hybridized carbons (Fsp3) is 0.500. The second kappa shape index (κ2) is 9.70. The average Bonchev–Trinajstić information content (AvgIpc) is 2.95. The van der Waals surface area contributed by atoms with Gasteiger partial charge in [0, 0.05) is 38.4 Å². The van der Waals surface area contributed by atoms with Crippen molar-refractivity contribution in [3.63, 3.8) is 0 Å². The van der Waals surface area contributed by atoms with E-state index in [2.05, 4.69) is 4.90 Å². The van der Waals surface area contributed by atoms with Crippen LogP contribution in [0.1, 0.15) is 12.8 Å². The number of hydrogen-bond donors (Lipinski definition) is 2. The number of benzene rings is 2. The molecule has 0 spiro atoms. The number of rotatable bonds is 6. The van der Waals surface area contributed by atoms with Crippen LogP contribution >= 0.6 is 0 Å². The number of hydrogen-bond acceptors (Lipinski definition) is 6. The van der Waals surface area contributed by atoms with Crippen molar-refractivity contribution in [3.05, 3.63) is 60.2 Å². The Morgan fingerprint density at radius 1 is 0.938 bits per heavy atom. The van der Waals surface area contributed by atoms with Gasteiger partial charge in [-0.15, -0.1) is 0 Å². The van der Waals surface area contributed by atoms with Gasteiger partial charge in [0.2, 0.25) is 0 Å². The van der Waals surface area contributed by atoms with Gasteiger partial charge in [-0.05, 0) is 55.3 Å². The molecule has 2 aliphatic heterocycles. The van der Waals surface area contributed by atoms with Gasteiger partial charge in [-0.3, -0.25) is 4.90 Å². The van der Waals surface area contributed by atoms with Crippen molar-refractivity contribution in [2.24, 2.45) is 0 Å². The van der Waals surface area contributed by atoms with Gasteiger partial charge in [0.15, 0.2) is 0 Å². The molecule has 32 heavy (non-hydrogen) atoms. The lowest BCUT2D eigenvalue weighted by Gasteiger charge is -2.42. The third kappa shape index (κ3) is 5.95. The fourth-order valence-electron chi connectivity index (χ4n) is 4.40. The van der Waals surface area contributed by atoms with E-state index < -0.39 is 11.2 Å². The summed E-state index contributed by atoms with van der Waals surface area (Å²) in [5.74, 6) is -0.147. The molecular weight excluding hydrogens is 418 g/mol. The molecule has 0 radical (unpaired) electrons. The van der Waals surface area contributed by atoms with E-state index in [0.717, 1.165) is 5.69 Å². The average molecular weight is 449 g/mol. The highest BCUT2D eigenvalue weighted by Crippen LogP contribution is 2.28. The van der Waals surface area contributed by atoms with Gasteiger partial charge in [0.05, 0.1) is 18.8 Å². The van der Waals surface area contributed by atoms with Gasteiger partial charge in [-0.2, -0.15) is 0 Å². The van der Waals surface area contributed by atoms with Crippen LogP contribution in [0.5, 0.6) is 5.75 Å². The van der Waals surface area contributed by atoms with Crippen LogP contribution in [0.15, 0.2) is 48.5 Å². The van der Waals surface area contributed by atoms with Crippen molar-refractivity contribution in [3.8, 4) is 5.75 Å². The number of anilines is 1. The van der Waals surface area contributed by atoms with E-state index in [4.69, 9.17) is 9.47 Å². The zero-order chi connectivity index (χ0) is 22.6. The molecule has 8 heteroatoms. The van der Waals surface area contributed by atoms with Crippen LogP contribution in [0.25, 0.3) is 0 Å². The normalized spacial score (nSPS) is 24.2. The smallest absolute Gasteiger partial charge is 0.134 e. The maximum Gasteiger partial charge on any atom is 0.134 e. The lowest BCUT2D eigenvalue weighted by molar-refractivity contribution is -0.0742. The first-order chi connectivity index (χ1) is 15.3. The summed E-state index contributed by atoms with van der Waals surface area (Å²) in [6.45, 7) is 3.12. The largest absolute Gasteiger partial charge is 0.490 e. The molecular formula is C24H30F2N2O4. The van der Waals surface area contributed by atoms with Crippen molar-refractivity contribution in [2.75, 3.05) is 57.4 Å². The Balaban J connectivity index is 1.33. The monoisotopic (exact) mass is 448 g/mol. The Labute approximate surface area is 187 Å². The van der Waals surface area contributed by atoms with Gasteiger partial charge in [0.1, 0.15) is 29.6 Å². The Kier molecular flexibility index (Phi) is 6.95. The van der Waals surface area contributed by atoms with Crippen LogP contribution in [-0.4, -0.2) is 78.9 Å². The number of nitrogens with zero attached hydrogens (tertiary/aromatic N) is 2. The molecule has 6 nitrogen and oxygen atoms in total. The SMILES string of the molecule is OC1(CN2CCOCC(O)(COc3ccc(F)cc3)C2)CCN(c2cccc(F)c2)CC1. The third-order valence-corrected chi connectivity index (χ3v) is 6.15. The number of piperidine rings is 1. The first-order valence-corrected chi connectivity index (χ1v) is 11.0. The molecule has 174 valence electrons. The van der Waals surface area contributed by atoms with Crippen LogP contribution < -0.4 is 9.64 Å². The van der Waals surface area contributed by atoms with Gasteiger partial charge in [-0.1, -0.05) is 6.07 Å². The molecule has 0 aromatic heterocycles. The van der Waals surface area contributed by atoms with E-state index in [1.807, 2.05) is 11.0 Å². The predicted octanol–water partition coefficient (Wildman–Crippen LogP) is 2.44. The molecule has 0 saturated carbocycles. The van der Waals surface area contributed by atoms with Crippen molar-refractivity contribution in [1.29, 1.82) is 0 Å². The Morgan fingerprint density at radius 2 is 1.69 bits per heavy atom. The molecule has 0 amide bonds. The summed E-state index contributed by atoms with van der Waals surface area (Å²) in [7, 11) is 0. The highest BCUT2D eigenvalue weighted by atomic mass is 19.1. The van der Waals surface area contributed by atoms with Gasteiger partial charge < -0.3 is 24.6 Å². The molecule has 2 N–H and O–H groups in total. The molecule has 2 fully saturated rings. The summed E-state index contributed by atoms with van der Waals surface area (Å²) >= 11 is 0. The summed E-state index contributed by atoms with van der Waals surface area (Å²) < 4.78 is 37.9. The van der Waals surface area contributed by atoms with Gasteiger partial charge >= 0.3 is 0 Å². The number of halogens is 2. The quantitative estimate of drug-likeness (QED) is 0.708. The Morgan fingerprint density at radius 3 is 2.41 bits per heavy atom. The molecule has 0 bridgehead atoms. The molecule has 2 aliphatic rings. The van der Waals surface area contributed by atoms with Gasteiger partial charge in [-0.25, -0.2) is 8.78 Å². The highest BCUT2D eigenvalue weighted by Gasteiger charge is 2.39. The fourth-order valence-corrected chi connectivity index (χ4v) is 4.40. The Bertz CT molecular complexity index is 890. The van der Waals surface area contributed by atoms with Crippen LogP contribution in [-0.2, 0) is 4.74 Å². The third-order valence-electron chi connectivity index (χ3n) is 6.15. The summed E-state index contributed by atoms with van der Waals surface area (Å²) in [6, 6.07) is 12.1. The zero-order valence-electron chi connectivity index (χ0n) is 18.1. The van der Waals surface area contributed by atoms with Crippen LogP contribution in [0, 0.1) is 11.6 Å². The maximum absolute atomic E-state index is 13.5. The van der Waals surface area contributed by atoms with Crippen molar-refractivity contribution >= 4 is 5.69 Å². The van der Waals surface area contributed by atoms with E-state index in [-0.39, 0.29) is 24.8 Å². The molecule has 1 unspecified atom stereocenters. The lowest BCUT2D eigenvalue weighted by Crippen LogP contribution is -2.55. The van der Waals surface area contributed by atoms with Crippen molar-refractivity contribution < 1.29 is 28.5 Å². The second-order valence-electron chi connectivity index (χ2n) is 8.92. The minimum absolute atomic E-state index is 0.000903. The minimum Gasteiger partial charge on any atom is -0.490 e. The summed E-state index contributed by atoms with van der Waals surface area (Å²) in [4.78, 5) is 4.09. The molecule has 2 saturated heterocycles. The van der Waals surface area contributed by atoms with Crippen molar-refractivity contribution in [2.45, 2.75) is 24.0 Å². The minimum atomic E-state index is -1.25. The standard InChI is InChI=1S/C24H30F2N2O4/c25-19-4-6-22(7-5-19)32-18-24(30)16-27(12-13-31-17-24)15-23(29)8-10-28(11-9-23)21-3-1-2-20(26)14-21/h1-7,14,29-30H,8-13,15-18H2. The molecule has 2 aromatic rings. The van der Waals surface area contributed by atoms with E-state index in [0.29, 0.717) is 57.9 Å². The van der Waals surface area contributed by atoms with Crippen LogP contribution in [0.2, 0.25) is 0 Å². The zero-order valence-corrected chi connectivity index (χ0v) is 18.1. The van der Waals surface area contributed by atoms with E-state index in [1.54, 1.807) is 6.07 Å². The van der Waals surface area contributed by atoms with Crippen molar-refractivity contribution in [1.82, 2.24) is 4.90 Å². The van der Waals surface area contributed by atoms with Crippen LogP contribution in [0.4, 0.5) is 14.5 Å². The Hall–Kier alpha value is -2.26. The molecule has 2 heterocycles. The first kappa shape index (κ1) is 22.9. The van der Waals surface area contributed by atoms with E-state index >= 15 is 0 Å². The lowest BCUT2D eigenvalue weighted by atomic mass is 9.90. The maximum atomic E-state index is 13.5. The van der Waals surface area contributed by atoms with Crippen LogP contribution in [0.3, 0.4) is 0 Å². The molecule has 2 aromatic carbocycles. The number of ether oxygens (including phenoxy) is 2. The number of β-amino-alcohol motifs (C(OH)–C–C–N with tert-alkyl or cyclic N) is 2. The molecule has 4 rings (SSSR count). The first-order valence-electron chi connectivity index (χ1n) is 11.0. The highest BCUT2D eigenvalue weighted by molar-refractivity contribution is 5.47. The summed E-state index contributed by atoms with van der Waals surface area (Å²) in [5, 5.41) is 22.3. The topological polar surface area (TPSA) is 65.4 Å². The van der Waals surface area contributed by atoms with E-state index in [9.17, 15) is 19.0 Å². The van der Waals surface area contributed by atoms with E-state index in [1.165, 1.54) is 36.4 Å². The summed E-state index contributed by atoms with van der Waals surface area (Å²) in [5.41, 5.74) is -1.32. The van der Waals surface area contributed by atoms with Gasteiger partial charge in [0.25, 0.3) is 0 Å². The number of aliphatic hydroxyl groups is 2. The molecule has 1 atom stereocenters.